The van der Waals surface area contributed by atoms with Crippen LogP contribution >= 0.6 is 0 Å². The highest BCUT2D eigenvalue weighted by molar-refractivity contribution is 5.93. The van der Waals surface area contributed by atoms with Crippen LogP contribution in [0.4, 0.5) is 0 Å². The van der Waals surface area contributed by atoms with E-state index in [0.717, 1.165) is 30.7 Å². The molecule has 0 unspecified atom stereocenters. The average Bonchev–Trinajstić information content (AvgIpc) is 3.25. The van der Waals surface area contributed by atoms with E-state index in [1.54, 1.807) is 10.5 Å². The maximum absolute atomic E-state index is 12.8. The van der Waals surface area contributed by atoms with Gasteiger partial charge in [-0.25, -0.2) is 4.98 Å². The molecule has 0 saturated heterocycles. The van der Waals surface area contributed by atoms with Crippen LogP contribution in [0.25, 0.3) is 5.65 Å². The monoisotopic (exact) mass is 470 g/mol. The van der Waals surface area contributed by atoms with E-state index in [1.165, 1.54) is 44.1 Å². The van der Waals surface area contributed by atoms with Crippen molar-refractivity contribution in [3.05, 3.63) is 71.7 Å². The number of carbonyl (C=O) groups is 2. The minimum atomic E-state index is -0.137. The normalized spacial score (nSPS) is 26.7. The minimum absolute atomic E-state index is 0.0259. The van der Waals surface area contributed by atoms with Crippen LogP contribution in [-0.4, -0.2) is 34.3 Å². The van der Waals surface area contributed by atoms with Gasteiger partial charge in [-0.05, 0) is 85.8 Å². The smallest absolute Gasteiger partial charge is 0.268 e. The number of nitrogens with zero attached hydrogens (tertiary/aromatic N) is 2. The quantitative estimate of drug-likeness (QED) is 0.519. The minimum Gasteiger partial charge on any atom is -0.355 e. The summed E-state index contributed by atoms with van der Waals surface area (Å²) < 4.78 is 1.79. The Kier molecular flexibility index (Phi) is 5.83. The molecular weight excluding hydrogens is 436 g/mol. The van der Waals surface area contributed by atoms with Gasteiger partial charge < -0.3 is 10.6 Å². The summed E-state index contributed by atoms with van der Waals surface area (Å²) in [7, 11) is 0. The predicted octanol–water partition coefficient (Wildman–Crippen LogP) is 4.18. The number of rotatable bonds is 8. The first kappa shape index (κ1) is 22.3. The fourth-order valence-corrected chi connectivity index (χ4v) is 7.41. The molecule has 6 heteroatoms. The number of hydrogen-bond acceptors (Lipinski definition) is 3. The summed E-state index contributed by atoms with van der Waals surface area (Å²) in [6, 6.07) is 15.6. The average molecular weight is 471 g/mol. The van der Waals surface area contributed by atoms with E-state index >= 15 is 0 Å². The molecule has 2 aromatic heterocycles. The largest absolute Gasteiger partial charge is 0.355 e. The van der Waals surface area contributed by atoms with Crippen molar-refractivity contribution >= 4 is 17.5 Å². The summed E-state index contributed by atoms with van der Waals surface area (Å²) in [6.07, 6.45) is 10.9. The Morgan fingerprint density at radius 3 is 2.34 bits per heavy atom. The summed E-state index contributed by atoms with van der Waals surface area (Å²) in [5, 5.41) is 6.25. The Balaban J connectivity index is 1.07. The molecule has 2 N–H and O–H groups in total. The van der Waals surface area contributed by atoms with E-state index in [9.17, 15) is 9.59 Å². The fourth-order valence-electron chi connectivity index (χ4n) is 7.41. The number of fused-ring (bicyclic) bond motifs is 1. The van der Waals surface area contributed by atoms with Crippen molar-refractivity contribution in [2.24, 2.45) is 23.2 Å². The second-order valence-corrected chi connectivity index (χ2v) is 11.2. The predicted molar refractivity (Wildman–Crippen MR) is 135 cm³/mol. The number of amides is 2. The number of aromatic nitrogens is 2. The van der Waals surface area contributed by atoms with Crippen molar-refractivity contribution in [2.75, 3.05) is 13.1 Å². The van der Waals surface area contributed by atoms with Crippen molar-refractivity contribution in [1.82, 2.24) is 20.0 Å². The van der Waals surface area contributed by atoms with Crippen molar-refractivity contribution in [2.45, 2.75) is 51.4 Å². The number of carbonyl (C=O) groups excluding carboxylic acids is 2. The lowest BCUT2D eigenvalue weighted by Crippen LogP contribution is -2.51. The first-order valence-electron chi connectivity index (χ1n) is 13.1. The first-order chi connectivity index (χ1) is 17.1. The number of pyridine rings is 1. The van der Waals surface area contributed by atoms with Crippen molar-refractivity contribution < 1.29 is 9.59 Å². The molecule has 0 radical (unpaired) electrons. The van der Waals surface area contributed by atoms with Gasteiger partial charge in [0, 0.05) is 19.3 Å². The van der Waals surface area contributed by atoms with Crippen molar-refractivity contribution in [3.63, 3.8) is 0 Å². The molecular formula is C29H34N4O2. The van der Waals surface area contributed by atoms with Gasteiger partial charge in [-0.3, -0.25) is 14.0 Å². The lowest BCUT2D eigenvalue weighted by atomic mass is 9.49. The fraction of sp³-hybridized carbons (Fsp3) is 0.483. The van der Waals surface area contributed by atoms with Crippen LogP contribution in [0.5, 0.6) is 0 Å². The maximum atomic E-state index is 12.8. The summed E-state index contributed by atoms with van der Waals surface area (Å²) >= 11 is 0. The van der Waals surface area contributed by atoms with E-state index in [-0.39, 0.29) is 18.2 Å². The molecule has 2 heterocycles. The molecule has 0 spiro atoms. The van der Waals surface area contributed by atoms with Crippen LogP contribution in [0, 0.1) is 23.2 Å². The van der Waals surface area contributed by atoms with Crippen LogP contribution in [0.15, 0.2) is 54.7 Å². The van der Waals surface area contributed by atoms with Gasteiger partial charge in [-0.2, -0.15) is 0 Å². The number of hydrogen-bond donors (Lipinski definition) is 2. The Bertz CT molecular complexity index is 1200. The van der Waals surface area contributed by atoms with Crippen LogP contribution in [0.2, 0.25) is 0 Å². The highest BCUT2D eigenvalue weighted by Crippen LogP contribution is 2.59. The lowest BCUT2D eigenvalue weighted by Gasteiger charge is -2.56. The van der Waals surface area contributed by atoms with E-state index in [4.69, 9.17) is 0 Å². The topological polar surface area (TPSA) is 75.5 Å². The molecule has 6 nitrogen and oxygen atoms in total. The Morgan fingerprint density at radius 1 is 0.914 bits per heavy atom. The highest BCUT2D eigenvalue weighted by Gasteiger charge is 2.50. The SMILES string of the molecule is O=C(Cc1cn2c(C(=O)NCCc3ccccc3)cccc2n1)NCC12CC3CC(CC(C3)C1)C2. The Labute approximate surface area is 206 Å². The molecule has 4 aliphatic rings. The molecule has 1 aromatic carbocycles. The van der Waals surface area contributed by atoms with Gasteiger partial charge >= 0.3 is 0 Å². The van der Waals surface area contributed by atoms with E-state index in [2.05, 4.69) is 27.8 Å². The van der Waals surface area contributed by atoms with Crippen molar-refractivity contribution in [1.29, 1.82) is 0 Å². The Hall–Kier alpha value is -3.15. The first-order valence-corrected chi connectivity index (χ1v) is 13.1. The van der Waals surface area contributed by atoms with Crippen LogP contribution in [0.3, 0.4) is 0 Å². The third-order valence-electron chi connectivity index (χ3n) is 8.48. The lowest BCUT2D eigenvalue weighted by molar-refractivity contribution is -0.122. The highest BCUT2D eigenvalue weighted by atomic mass is 16.2. The summed E-state index contributed by atoms with van der Waals surface area (Å²) in [4.78, 5) is 30.3. The molecule has 0 atom stereocenters. The van der Waals surface area contributed by atoms with Gasteiger partial charge in [0.15, 0.2) is 0 Å². The molecule has 2 amide bonds. The van der Waals surface area contributed by atoms with Gasteiger partial charge in [0.2, 0.25) is 5.91 Å². The summed E-state index contributed by atoms with van der Waals surface area (Å²) in [5.74, 6) is 2.54. The molecule has 0 aliphatic heterocycles. The zero-order valence-corrected chi connectivity index (χ0v) is 20.2. The van der Waals surface area contributed by atoms with E-state index in [1.807, 2.05) is 36.5 Å². The molecule has 4 fully saturated rings. The molecule has 182 valence electrons. The molecule has 3 aromatic rings. The number of imidazole rings is 1. The van der Waals surface area contributed by atoms with E-state index < -0.39 is 0 Å². The zero-order valence-electron chi connectivity index (χ0n) is 20.2. The third kappa shape index (κ3) is 4.71. The van der Waals surface area contributed by atoms with Crippen LogP contribution in [0.1, 0.15) is 60.3 Å². The van der Waals surface area contributed by atoms with Crippen LogP contribution in [-0.2, 0) is 17.6 Å². The van der Waals surface area contributed by atoms with Gasteiger partial charge in [0.1, 0.15) is 11.3 Å². The van der Waals surface area contributed by atoms with Crippen LogP contribution < -0.4 is 10.6 Å². The van der Waals surface area contributed by atoms with Gasteiger partial charge in [-0.1, -0.05) is 36.4 Å². The van der Waals surface area contributed by atoms with Gasteiger partial charge in [-0.15, -0.1) is 0 Å². The molecule has 4 aliphatic carbocycles. The molecule has 35 heavy (non-hydrogen) atoms. The number of benzene rings is 1. The zero-order chi connectivity index (χ0) is 23.8. The Morgan fingerprint density at radius 2 is 1.63 bits per heavy atom. The van der Waals surface area contributed by atoms with E-state index in [0.29, 0.717) is 29.0 Å². The second kappa shape index (κ2) is 9.14. The third-order valence-corrected chi connectivity index (χ3v) is 8.48. The maximum Gasteiger partial charge on any atom is 0.268 e. The van der Waals surface area contributed by atoms with Gasteiger partial charge in [0.05, 0.1) is 12.1 Å². The molecule has 4 bridgehead atoms. The molecule has 7 rings (SSSR count). The summed E-state index contributed by atoms with van der Waals surface area (Å²) in [5.41, 5.74) is 3.43. The van der Waals surface area contributed by atoms with Gasteiger partial charge in [0.25, 0.3) is 5.91 Å². The molecule has 4 saturated carbocycles. The summed E-state index contributed by atoms with van der Waals surface area (Å²) in [6.45, 7) is 1.37. The standard InChI is InChI=1S/C29H34N4O2/c34-27(31-19-29-15-21-11-22(16-29)13-23(12-21)17-29)14-24-18-33-25(7-4-8-26(33)32-24)28(35)30-10-9-20-5-2-1-3-6-20/h1-8,18,21-23H,9-17,19H2,(H,30,35)(H,31,34). The second-order valence-electron chi connectivity index (χ2n) is 11.2. The van der Waals surface area contributed by atoms with Crippen molar-refractivity contribution in [3.8, 4) is 0 Å². The number of nitrogens with one attached hydrogen (secondary N) is 2.